The summed E-state index contributed by atoms with van der Waals surface area (Å²) in [6.07, 6.45) is 0.952. The van der Waals surface area contributed by atoms with Gasteiger partial charge >= 0.3 is 0 Å². The molecule has 2 heterocycles. The lowest BCUT2D eigenvalue weighted by Gasteiger charge is -2.21. The molecular formula is C13H19N3O2S. The standard InChI is InChI=1S/C13H19N3O2S/c1-9(15-12(17)11-3-2-6-19-11)13(18)16-5-4-10(7-14)8-16/h2-3,6,9-10H,4-5,7-8,14H2,1H3,(H,15,17). The number of likely N-dealkylation sites (tertiary alicyclic amines) is 1. The second-order valence-electron chi connectivity index (χ2n) is 4.85. The fourth-order valence-corrected chi connectivity index (χ4v) is 2.86. The van der Waals surface area contributed by atoms with Gasteiger partial charge in [0.15, 0.2) is 0 Å². The van der Waals surface area contributed by atoms with Gasteiger partial charge in [-0.15, -0.1) is 11.3 Å². The monoisotopic (exact) mass is 281 g/mol. The molecule has 0 radical (unpaired) electrons. The maximum Gasteiger partial charge on any atom is 0.261 e. The van der Waals surface area contributed by atoms with E-state index in [0.29, 0.717) is 23.9 Å². The van der Waals surface area contributed by atoms with Gasteiger partial charge in [0.2, 0.25) is 5.91 Å². The first-order valence-corrected chi connectivity index (χ1v) is 7.33. The number of carbonyl (C=O) groups excluding carboxylic acids is 2. The summed E-state index contributed by atoms with van der Waals surface area (Å²) >= 11 is 1.37. The van der Waals surface area contributed by atoms with Gasteiger partial charge in [-0.05, 0) is 37.3 Å². The van der Waals surface area contributed by atoms with Crippen molar-refractivity contribution in [1.29, 1.82) is 0 Å². The van der Waals surface area contributed by atoms with Gasteiger partial charge in [0.05, 0.1) is 4.88 Å². The minimum atomic E-state index is -0.494. The molecule has 19 heavy (non-hydrogen) atoms. The van der Waals surface area contributed by atoms with Crippen molar-refractivity contribution in [2.45, 2.75) is 19.4 Å². The van der Waals surface area contributed by atoms with Gasteiger partial charge in [-0.2, -0.15) is 0 Å². The Balaban J connectivity index is 1.88. The summed E-state index contributed by atoms with van der Waals surface area (Å²) in [5, 5.41) is 4.58. The molecule has 1 saturated heterocycles. The van der Waals surface area contributed by atoms with Crippen LogP contribution in [0.5, 0.6) is 0 Å². The second kappa shape index (κ2) is 6.16. The van der Waals surface area contributed by atoms with E-state index < -0.39 is 6.04 Å². The third-order valence-electron chi connectivity index (χ3n) is 3.39. The Morgan fingerprint density at radius 2 is 2.42 bits per heavy atom. The van der Waals surface area contributed by atoms with Crippen LogP contribution < -0.4 is 11.1 Å². The summed E-state index contributed by atoms with van der Waals surface area (Å²) in [4.78, 5) is 26.5. The number of rotatable bonds is 4. The predicted octanol–water partition coefficient (Wildman–Crippen LogP) is 0.674. The van der Waals surface area contributed by atoms with Gasteiger partial charge in [-0.3, -0.25) is 9.59 Å². The summed E-state index contributed by atoms with van der Waals surface area (Å²) in [5.41, 5.74) is 5.61. The van der Waals surface area contributed by atoms with E-state index in [2.05, 4.69) is 5.32 Å². The van der Waals surface area contributed by atoms with Crippen LogP contribution >= 0.6 is 11.3 Å². The van der Waals surface area contributed by atoms with Crippen molar-refractivity contribution in [3.63, 3.8) is 0 Å². The highest BCUT2D eigenvalue weighted by Gasteiger charge is 2.29. The topological polar surface area (TPSA) is 75.4 Å². The molecule has 0 aromatic carbocycles. The molecule has 6 heteroatoms. The van der Waals surface area contributed by atoms with Gasteiger partial charge in [0.25, 0.3) is 5.91 Å². The lowest BCUT2D eigenvalue weighted by atomic mass is 10.1. The lowest BCUT2D eigenvalue weighted by molar-refractivity contribution is -0.131. The Morgan fingerprint density at radius 3 is 3.00 bits per heavy atom. The summed E-state index contributed by atoms with van der Waals surface area (Å²) in [7, 11) is 0. The normalized spacial score (nSPS) is 20.3. The van der Waals surface area contributed by atoms with E-state index in [9.17, 15) is 9.59 Å². The van der Waals surface area contributed by atoms with Crippen molar-refractivity contribution in [2.24, 2.45) is 11.7 Å². The van der Waals surface area contributed by atoms with Gasteiger partial charge in [-0.1, -0.05) is 6.07 Å². The third kappa shape index (κ3) is 3.33. The number of nitrogens with one attached hydrogen (secondary N) is 1. The first-order chi connectivity index (χ1) is 9.11. The Bertz CT molecular complexity index is 447. The van der Waals surface area contributed by atoms with E-state index in [4.69, 9.17) is 5.73 Å². The Hall–Kier alpha value is -1.40. The molecule has 1 fully saturated rings. The van der Waals surface area contributed by atoms with Crippen LogP contribution in [0.2, 0.25) is 0 Å². The molecule has 0 spiro atoms. The van der Waals surface area contributed by atoms with Gasteiger partial charge in [0, 0.05) is 13.1 Å². The maximum absolute atomic E-state index is 12.2. The highest BCUT2D eigenvalue weighted by atomic mass is 32.1. The van der Waals surface area contributed by atoms with Gasteiger partial charge in [-0.25, -0.2) is 0 Å². The Kier molecular flexibility index (Phi) is 4.55. The number of carbonyl (C=O) groups is 2. The van der Waals surface area contributed by atoms with Crippen molar-refractivity contribution in [1.82, 2.24) is 10.2 Å². The number of amides is 2. The summed E-state index contributed by atoms with van der Waals surface area (Å²) in [6.45, 7) is 3.78. The molecule has 0 aliphatic carbocycles. The van der Waals surface area contributed by atoms with Crippen LogP contribution in [-0.2, 0) is 4.79 Å². The summed E-state index contributed by atoms with van der Waals surface area (Å²) in [6, 6.07) is 3.07. The van der Waals surface area contributed by atoms with Crippen molar-refractivity contribution in [3.8, 4) is 0 Å². The van der Waals surface area contributed by atoms with E-state index in [1.54, 1.807) is 17.9 Å². The predicted molar refractivity (Wildman–Crippen MR) is 75.0 cm³/mol. The van der Waals surface area contributed by atoms with E-state index in [1.807, 2.05) is 11.4 Å². The molecule has 2 rings (SSSR count). The fraction of sp³-hybridized carbons (Fsp3) is 0.538. The third-order valence-corrected chi connectivity index (χ3v) is 4.26. The quantitative estimate of drug-likeness (QED) is 0.852. The number of thiophene rings is 1. The van der Waals surface area contributed by atoms with E-state index in [-0.39, 0.29) is 11.8 Å². The Morgan fingerprint density at radius 1 is 1.63 bits per heavy atom. The zero-order valence-electron chi connectivity index (χ0n) is 11.0. The molecule has 1 aliphatic rings. The first kappa shape index (κ1) is 14.0. The minimum Gasteiger partial charge on any atom is -0.341 e. The fourth-order valence-electron chi connectivity index (χ4n) is 2.24. The summed E-state index contributed by atoms with van der Waals surface area (Å²) in [5.74, 6) is 0.176. The highest BCUT2D eigenvalue weighted by molar-refractivity contribution is 7.12. The molecule has 1 aromatic rings. The number of hydrogen-bond donors (Lipinski definition) is 2. The van der Waals surface area contributed by atoms with Crippen LogP contribution in [0, 0.1) is 5.92 Å². The van der Waals surface area contributed by atoms with Crippen molar-refractivity contribution in [2.75, 3.05) is 19.6 Å². The Labute approximate surface area is 116 Å². The summed E-state index contributed by atoms with van der Waals surface area (Å²) < 4.78 is 0. The molecule has 1 aromatic heterocycles. The largest absolute Gasteiger partial charge is 0.341 e. The van der Waals surface area contributed by atoms with E-state index in [1.165, 1.54) is 11.3 Å². The van der Waals surface area contributed by atoms with Crippen LogP contribution in [0.3, 0.4) is 0 Å². The minimum absolute atomic E-state index is 0.0270. The van der Waals surface area contributed by atoms with E-state index in [0.717, 1.165) is 13.0 Å². The van der Waals surface area contributed by atoms with Crippen LogP contribution in [0.1, 0.15) is 23.0 Å². The molecule has 0 bridgehead atoms. The average molecular weight is 281 g/mol. The zero-order valence-corrected chi connectivity index (χ0v) is 11.8. The maximum atomic E-state index is 12.2. The van der Waals surface area contributed by atoms with Gasteiger partial charge < -0.3 is 16.0 Å². The van der Waals surface area contributed by atoms with Crippen molar-refractivity contribution >= 4 is 23.2 Å². The van der Waals surface area contributed by atoms with Crippen molar-refractivity contribution in [3.05, 3.63) is 22.4 Å². The first-order valence-electron chi connectivity index (χ1n) is 6.45. The van der Waals surface area contributed by atoms with Crippen LogP contribution in [0.4, 0.5) is 0 Å². The molecule has 0 saturated carbocycles. The number of nitrogens with two attached hydrogens (primary N) is 1. The zero-order chi connectivity index (χ0) is 13.8. The van der Waals surface area contributed by atoms with Gasteiger partial charge in [0.1, 0.15) is 6.04 Å². The van der Waals surface area contributed by atoms with Crippen LogP contribution in [0.25, 0.3) is 0 Å². The molecule has 1 aliphatic heterocycles. The highest BCUT2D eigenvalue weighted by Crippen LogP contribution is 2.16. The van der Waals surface area contributed by atoms with E-state index >= 15 is 0 Å². The lowest BCUT2D eigenvalue weighted by Crippen LogP contribution is -2.46. The smallest absolute Gasteiger partial charge is 0.261 e. The molecule has 2 atom stereocenters. The molecule has 104 valence electrons. The molecule has 2 unspecified atom stereocenters. The number of nitrogens with zero attached hydrogens (tertiary/aromatic N) is 1. The van der Waals surface area contributed by atoms with Crippen molar-refractivity contribution < 1.29 is 9.59 Å². The SMILES string of the molecule is CC(NC(=O)c1cccs1)C(=O)N1CCC(CN)C1. The molecule has 3 N–H and O–H groups in total. The molecule has 2 amide bonds. The molecular weight excluding hydrogens is 262 g/mol. The average Bonchev–Trinajstić information content (AvgIpc) is 3.08. The van der Waals surface area contributed by atoms with Crippen LogP contribution in [-0.4, -0.2) is 42.4 Å². The number of hydrogen-bond acceptors (Lipinski definition) is 4. The molecule has 5 nitrogen and oxygen atoms in total. The second-order valence-corrected chi connectivity index (χ2v) is 5.79. The van der Waals surface area contributed by atoms with Crippen LogP contribution in [0.15, 0.2) is 17.5 Å².